The molecule has 1 atom stereocenters. The van der Waals surface area contributed by atoms with Crippen molar-refractivity contribution in [2.45, 2.75) is 44.4 Å². The quantitative estimate of drug-likeness (QED) is 0.482. The lowest BCUT2D eigenvalue weighted by atomic mass is 9.81. The summed E-state index contributed by atoms with van der Waals surface area (Å²) in [4.78, 5) is 21.8. The number of rotatable bonds is 8. The number of piperidine rings is 1. The first-order chi connectivity index (χ1) is 18.1. The normalized spacial score (nSPS) is 21.5. The SMILES string of the molecule is COC[C@@H]1CCN(CC2CCN(c3cc(C(=O)O)nc4c3c(C3CCC3)nn4-c3ccccc3)CC2)C1. The van der Waals surface area contributed by atoms with Crippen LogP contribution in [0.3, 0.4) is 0 Å². The van der Waals surface area contributed by atoms with E-state index in [0.29, 0.717) is 23.4 Å². The molecule has 3 aliphatic rings. The summed E-state index contributed by atoms with van der Waals surface area (Å²) in [6.45, 7) is 6.19. The van der Waals surface area contributed by atoms with Crippen LogP contribution in [0.2, 0.25) is 0 Å². The van der Waals surface area contributed by atoms with Gasteiger partial charge in [-0.05, 0) is 68.7 Å². The van der Waals surface area contributed by atoms with Crippen molar-refractivity contribution in [2.75, 3.05) is 51.3 Å². The van der Waals surface area contributed by atoms with Crippen LogP contribution in [0.5, 0.6) is 0 Å². The Morgan fingerprint density at radius 1 is 1.05 bits per heavy atom. The van der Waals surface area contributed by atoms with Gasteiger partial charge in [-0.2, -0.15) is 5.10 Å². The van der Waals surface area contributed by atoms with Gasteiger partial charge in [0, 0.05) is 39.2 Å². The van der Waals surface area contributed by atoms with Crippen LogP contribution in [0.1, 0.15) is 60.6 Å². The van der Waals surface area contributed by atoms with Gasteiger partial charge in [-0.1, -0.05) is 24.6 Å². The summed E-state index contributed by atoms with van der Waals surface area (Å²) in [7, 11) is 1.80. The number of pyridine rings is 1. The summed E-state index contributed by atoms with van der Waals surface area (Å²) >= 11 is 0. The van der Waals surface area contributed by atoms with E-state index in [1.807, 2.05) is 35.0 Å². The number of ether oxygens (including phenoxy) is 1. The summed E-state index contributed by atoms with van der Waals surface area (Å²) in [6.07, 6.45) is 6.93. The van der Waals surface area contributed by atoms with Crippen molar-refractivity contribution in [2.24, 2.45) is 11.8 Å². The van der Waals surface area contributed by atoms with Crippen molar-refractivity contribution >= 4 is 22.7 Å². The number of carboxylic acid groups (broad SMARTS) is 1. The molecule has 0 spiro atoms. The number of likely N-dealkylation sites (tertiary alicyclic amines) is 1. The summed E-state index contributed by atoms with van der Waals surface area (Å²) in [5, 5.41) is 16.0. The van der Waals surface area contributed by atoms with Gasteiger partial charge in [0.1, 0.15) is 0 Å². The number of carboxylic acids is 1. The van der Waals surface area contributed by atoms with Gasteiger partial charge in [0.2, 0.25) is 0 Å². The predicted octanol–water partition coefficient (Wildman–Crippen LogP) is 4.57. The third kappa shape index (κ3) is 4.84. The molecule has 0 radical (unpaired) electrons. The van der Waals surface area contributed by atoms with E-state index in [9.17, 15) is 9.90 Å². The molecule has 2 aromatic heterocycles. The number of hydrogen-bond donors (Lipinski definition) is 1. The van der Waals surface area contributed by atoms with E-state index in [4.69, 9.17) is 9.84 Å². The van der Waals surface area contributed by atoms with E-state index in [1.54, 1.807) is 13.2 Å². The fourth-order valence-electron chi connectivity index (χ4n) is 6.37. The topological polar surface area (TPSA) is 83.7 Å². The fraction of sp³-hybridized carbons (Fsp3) is 0.552. The minimum atomic E-state index is -0.997. The maximum absolute atomic E-state index is 12.1. The number of methoxy groups -OCH3 is 1. The number of hydrogen-bond acceptors (Lipinski definition) is 6. The van der Waals surface area contributed by atoms with Crippen LogP contribution in [0.15, 0.2) is 36.4 Å². The van der Waals surface area contributed by atoms with E-state index in [0.717, 1.165) is 80.9 Å². The van der Waals surface area contributed by atoms with Gasteiger partial charge in [-0.15, -0.1) is 0 Å². The Labute approximate surface area is 218 Å². The van der Waals surface area contributed by atoms with Crippen LogP contribution < -0.4 is 4.90 Å². The highest BCUT2D eigenvalue weighted by Crippen LogP contribution is 2.43. The number of para-hydroxylation sites is 1. The molecule has 8 nitrogen and oxygen atoms in total. The van der Waals surface area contributed by atoms with Crippen molar-refractivity contribution in [3.63, 3.8) is 0 Å². The van der Waals surface area contributed by atoms with Gasteiger partial charge >= 0.3 is 5.97 Å². The molecule has 0 bridgehead atoms. The Morgan fingerprint density at radius 3 is 2.49 bits per heavy atom. The molecule has 6 rings (SSSR count). The maximum Gasteiger partial charge on any atom is 0.354 e. The highest BCUT2D eigenvalue weighted by atomic mass is 16.5. The molecule has 1 saturated carbocycles. The van der Waals surface area contributed by atoms with Crippen LogP contribution in [0.25, 0.3) is 16.7 Å². The lowest BCUT2D eigenvalue weighted by Crippen LogP contribution is -2.38. The molecule has 2 saturated heterocycles. The third-order valence-electron chi connectivity index (χ3n) is 8.60. The average Bonchev–Trinajstić information content (AvgIpc) is 3.48. The number of benzene rings is 1. The highest BCUT2D eigenvalue weighted by Gasteiger charge is 2.32. The summed E-state index contributed by atoms with van der Waals surface area (Å²) in [5.74, 6) is 0.753. The van der Waals surface area contributed by atoms with Gasteiger partial charge in [0.15, 0.2) is 11.3 Å². The van der Waals surface area contributed by atoms with Gasteiger partial charge in [-0.25, -0.2) is 14.5 Å². The summed E-state index contributed by atoms with van der Waals surface area (Å²) < 4.78 is 7.23. The molecule has 37 heavy (non-hydrogen) atoms. The lowest BCUT2D eigenvalue weighted by Gasteiger charge is -2.36. The van der Waals surface area contributed by atoms with Crippen LogP contribution in [0, 0.1) is 11.8 Å². The van der Waals surface area contributed by atoms with Gasteiger partial charge in [0.05, 0.1) is 29.1 Å². The van der Waals surface area contributed by atoms with Crippen molar-refractivity contribution in [3.8, 4) is 5.69 Å². The van der Waals surface area contributed by atoms with Crippen molar-refractivity contribution in [1.82, 2.24) is 19.7 Å². The third-order valence-corrected chi connectivity index (χ3v) is 8.60. The average molecular weight is 504 g/mol. The molecule has 2 aliphatic heterocycles. The zero-order valence-electron chi connectivity index (χ0n) is 21.7. The van der Waals surface area contributed by atoms with E-state index in [2.05, 4.69) is 14.8 Å². The standard InChI is InChI=1S/C29H37N5O3/c1-37-19-21-10-13-32(18-21)17-20-11-14-33(15-12-20)25-16-24(29(35)36)30-28-26(25)27(22-6-5-7-22)31-34(28)23-8-3-2-4-9-23/h2-4,8-9,16,20-22H,5-7,10-15,17-19H2,1H3,(H,35,36)/t21-/m1/s1. The molecule has 1 aromatic carbocycles. The van der Waals surface area contributed by atoms with Gasteiger partial charge in [-0.3, -0.25) is 0 Å². The number of aromatic carboxylic acids is 1. The first-order valence-corrected chi connectivity index (χ1v) is 13.8. The molecule has 1 aliphatic carbocycles. The molecular formula is C29H37N5O3. The highest BCUT2D eigenvalue weighted by molar-refractivity contribution is 5.98. The van der Waals surface area contributed by atoms with E-state index in [1.165, 1.54) is 19.4 Å². The summed E-state index contributed by atoms with van der Waals surface area (Å²) in [6, 6.07) is 11.8. The molecule has 1 N–H and O–H groups in total. The molecule has 3 fully saturated rings. The summed E-state index contributed by atoms with van der Waals surface area (Å²) in [5.41, 5.74) is 3.73. The van der Waals surface area contributed by atoms with E-state index >= 15 is 0 Å². The van der Waals surface area contributed by atoms with Gasteiger partial charge in [0.25, 0.3) is 0 Å². The molecule has 196 valence electrons. The van der Waals surface area contributed by atoms with Gasteiger partial charge < -0.3 is 19.6 Å². The van der Waals surface area contributed by atoms with Crippen molar-refractivity contribution in [3.05, 3.63) is 47.8 Å². The first kappa shape index (κ1) is 24.4. The second kappa shape index (κ2) is 10.4. The monoisotopic (exact) mass is 503 g/mol. The van der Waals surface area contributed by atoms with Crippen LogP contribution >= 0.6 is 0 Å². The molecule has 3 aromatic rings. The molecule has 4 heterocycles. The number of carbonyl (C=O) groups is 1. The van der Waals surface area contributed by atoms with E-state index < -0.39 is 5.97 Å². The first-order valence-electron chi connectivity index (χ1n) is 13.8. The Bertz CT molecular complexity index is 1250. The van der Waals surface area contributed by atoms with Crippen LogP contribution in [0.4, 0.5) is 5.69 Å². The number of fused-ring (bicyclic) bond motifs is 1. The largest absolute Gasteiger partial charge is 0.477 e. The Kier molecular flexibility index (Phi) is 6.86. The minimum absolute atomic E-state index is 0.0862. The zero-order chi connectivity index (χ0) is 25.4. The Morgan fingerprint density at radius 2 is 1.81 bits per heavy atom. The van der Waals surface area contributed by atoms with Crippen molar-refractivity contribution < 1.29 is 14.6 Å². The number of aromatic nitrogens is 3. The molecule has 0 amide bonds. The molecule has 0 unspecified atom stereocenters. The molecular weight excluding hydrogens is 466 g/mol. The fourth-order valence-corrected chi connectivity index (χ4v) is 6.37. The van der Waals surface area contributed by atoms with E-state index in [-0.39, 0.29) is 5.69 Å². The Balaban J connectivity index is 1.30. The zero-order valence-corrected chi connectivity index (χ0v) is 21.7. The number of nitrogens with zero attached hydrogens (tertiary/aromatic N) is 5. The second-order valence-corrected chi connectivity index (χ2v) is 11.1. The molecule has 8 heteroatoms. The van der Waals surface area contributed by atoms with Crippen LogP contribution in [-0.4, -0.2) is 77.2 Å². The number of anilines is 1. The lowest BCUT2D eigenvalue weighted by molar-refractivity contribution is 0.0691. The van der Waals surface area contributed by atoms with Crippen LogP contribution in [-0.2, 0) is 4.74 Å². The smallest absolute Gasteiger partial charge is 0.354 e. The predicted molar refractivity (Wildman–Crippen MR) is 144 cm³/mol. The Hall–Kier alpha value is -2.97. The minimum Gasteiger partial charge on any atom is -0.477 e. The maximum atomic E-state index is 12.1. The van der Waals surface area contributed by atoms with Crippen molar-refractivity contribution in [1.29, 1.82) is 0 Å². The second-order valence-electron chi connectivity index (χ2n) is 11.1.